The molecule has 57 heavy (non-hydrogen) atoms. The molecule has 6 rings (SSSR count). The fourth-order valence-electron chi connectivity index (χ4n) is 8.05. The highest BCUT2D eigenvalue weighted by Crippen LogP contribution is 2.58. The molecule has 3 heterocycles. The number of carbonyl (C=O) groups excluding carboxylic acids is 4. The van der Waals surface area contributed by atoms with E-state index in [0.717, 1.165) is 19.2 Å². The normalized spacial score (nSPS) is 29.9. The van der Waals surface area contributed by atoms with Gasteiger partial charge in [0.1, 0.15) is 11.9 Å². The Bertz CT molecular complexity index is 2050. The summed E-state index contributed by atoms with van der Waals surface area (Å²) in [6.45, 7) is 4.94. The van der Waals surface area contributed by atoms with Crippen LogP contribution in [0.15, 0.2) is 42.6 Å². The molecule has 1 aromatic heterocycles. The lowest BCUT2D eigenvalue weighted by molar-refractivity contribution is -0.257. The van der Waals surface area contributed by atoms with Gasteiger partial charge < -0.3 is 19.1 Å². The standard InChI is InChI=1S/C40H49F4N3O9S/c1-23-8-6-7-9-26-20-38(26,36(51)46-57(52,53)39(41)13-14-39)21-32(48)31-18-28(55-34-29-11-10-27(54-5)17-25(29)12-15-45-34)22-47(31)35(50)30(24(2)16-23)19-33(49)56-37(3,4)40(42,43)44/h7,9-12,15,17,23-24,26,28,30-31H,6,8,13-14,16,18-22H2,1-5H3,(H,46,51)/b9-7-/t23-,24-,26-,28-,30+,31+,38-/m1/s1. The van der Waals surface area contributed by atoms with Crippen LogP contribution in [0, 0.1) is 29.1 Å². The number of rotatable bonds is 9. The summed E-state index contributed by atoms with van der Waals surface area (Å²) in [5.41, 5.74) is -4.37. The number of methoxy groups -OCH3 is 1. The number of nitrogens with zero attached hydrogens (tertiary/aromatic N) is 2. The Labute approximate surface area is 329 Å². The average molecular weight is 824 g/mol. The number of ketones is 1. The van der Waals surface area contributed by atoms with Gasteiger partial charge in [0.2, 0.25) is 28.3 Å². The molecule has 2 saturated carbocycles. The van der Waals surface area contributed by atoms with Gasteiger partial charge in [-0.2, -0.15) is 13.2 Å². The molecule has 2 aliphatic heterocycles. The lowest BCUT2D eigenvalue weighted by Crippen LogP contribution is -2.48. The Hall–Kier alpha value is -4.28. The topological polar surface area (TPSA) is 158 Å². The third-order valence-corrected chi connectivity index (χ3v) is 13.8. The van der Waals surface area contributed by atoms with Gasteiger partial charge >= 0.3 is 12.1 Å². The number of aromatic nitrogens is 1. The fourth-order valence-corrected chi connectivity index (χ4v) is 9.32. The quantitative estimate of drug-likeness (QED) is 0.171. The van der Waals surface area contributed by atoms with Crippen LogP contribution < -0.4 is 14.2 Å². The Balaban J connectivity index is 1.35. The molecule has 0 radical (unpaired) electrons. The van der Waals surface area contributed by atoms with Gasteiger partial charge in [0.05, 0.1) is 37.5 Å². The van der Waals surface area contributed by atoms with Crippen LogP contribution in [0.2, 0.25) is 0 Å². The fraction of sp³-hybridized carbons (Fsp3) is 0.625. The Morgan fingerprint density at radius 2 is 1.81 bits per heavy atom. The molecular weight excluding hydrogens is 775 g/mol. The second-order valence-electron chi connectivity index (χ2n) is 16.7. The van der Waals surface area contributed by atoms with Crippen LogP contribution in [0.5, 0.6) is 11.6 Å². The average Bonchev–Trinajstić information content (AvgIpc) is 4.01. The number of carbonyl (C=O) groups is 4. The number of esters is 1. The van der Waals surface area contributed by atoms with Gasteiger partial charge in [-0.05, 0) is 86.9 Å². The predicted octanol–water partition coefficient (Wildman–Crippen LogP) is 6.37. The van der Waals surface area contributed by atoms with E-state index in [0.29, 0.717) is 30.4 Å². The second-order valence-corrected chi connectivity index (χ2v) is 18.7. The number of hydrogen-bond donors (Lipinski definition) is 1. The monoisotopic (exact) mass is 823 g/mol. The van der Waals surface area contributed by atoms with Gasteiger partial charge in [-0.15, -0.1) is 0 Å². The predicted molar refractivity (Wildman–Crippen MR) is 199 cm³/mol. The van der Waals surface area contributed by atoms with Crippen LogP contribution in [-0.2, 0) is 33.9 Å². The maximum atomic E-state index is 14.8. The van der Waals surface area contributed by atoms with Gasteiger partial charge in [-0.1, -0.05) is 26.0 Å². The zero-order chi connectivity index (χ0) is 41.7. The van der Waals surface area contributed by atoms with E-state index in [1.165, 1.54) is 18.2 Å². The first-order valence-corrected chi connectivity index (χ1v) is 20.7. The summed E-state index contributed by atoms with van der Waals surface area (Å²) in [6.07, 6.45) is -0.710. The Morgan fingerprint density at radius 3 is 2.47 bits per heavy atom. The molecule has 17 heteroatoms. The molecule has 1 saturated heterocycles. The van der Waals surface area contributed by atoms with E-state index in [-0.39, 0.29) is 44.0 Å². The highest BCUT2D eigenvalue weighted by atomic mass is 32.2. The minimum Gasteiger partial charge on any atom is -0.497 e. The van der Waals surface area contributed by atoms with Crippen molar-refractivity contribution in [2.45, 2.75) is 114 Å². The van der Waals surface area contributed by atoms with Crippen molar-refractivity contribution in [1.29, 1.82) is 0 Å². The van der Waals surface area contributed by atoms with E-state index in [4.69, 9.17) is 14.2 Å². The van der Waals surface area contributed by atoms with Crippen molar-refractivity contribution in [2.24, 2.45) is 29.1 Å². The molecule has 0 unspecified atom stereocenters. The van der Waals surface area contributed by atoms with Crippen LogP contribution in [0.1, 0.15) is 85.5 Å². The highest BCUT2D eigenvalue weighted by Gasteiger charge is 2.64. The van der Waals surface area contributed by atoms with E-state index in [1.54, 1.807) is 37.3 Å². The van der Waals surface area contributed by atoms with Crippen molar-refractivity contribution < 1.29 is 59.4 Å². The number of sulfonamides is 1. The van der Waals surface area contributed by atoms with E-state index in [9.17, 15) is 45.2 Å². The third kappa shape index (κ3) is 8.77. The van der Waals surface area contributed by atoms with Gasteiger partial charge in [0, 0.05) is 37.3 Å². The van der Waals surface area contributed by atoms with Crippen LogP contribution in [0.3, 0.4) is 0 Å². The van der Waals surface area contributed by atoms with Crippen molar-refractivity contribution in [3.63, 3.8) is 0 Å². The van der Waals surface area contributed by atoms with Crippen LogP contribution in [0.4, 0.5) is 17.6 Å². The SMILES string of the molecule is COc1ccc2c(O[C@@H]3C[C@H]4C(=O)C[C@]5(C(=O)NS(=O)(=O)C6(F)CC6)C[C@H]5/C=C\CC[C@@H](C)C[C@@H](C)[C@H](CC(=O)OC(C)(C)C(F)(F)F)C(=O)N4C3)nccc2c1. The Kier molecular flexibility index (Phi) is 11.5. The highest BCUT2D eigenvalue weighted by molar-refractivity contribution is 7.91. The number of fused-ring (bicyclic) bond motifs is 3. The van der Waals surface area contributed by atoms with E-state index < -0.39 is 98.5 Å². The molecule has 7 atom stereocenters. The number of Topliss-reactive ketones (excluding diaryl/α,β-unsaturated/α-hetero) is 1. The third-order valence-electron chi connectivity index (χ3n) is 12.0. The zero-order valence-corrected chi connectivity index (χ0v) is 33.4. The number of ether oxygens (including phenoxy) is 3. The first-order valence-electron chi connectivity index (χ1n) is 19.2. The molecule has 2 aromatic rings. The number of benzene rings is 1. The maximum absolute atomic E-state index is 14.8. The molecule has 3 fully saturated rings. The summed E-state index contributed by atoms with van der Waals surface area (Å²) < 4.78 is 100. The molecule has 1 aromatic carbocycles. The van der Waals surface area contributed by atoms with Crippen molar-refractivity contribution in [3.8, 4) is 11.6 Å². The minimum absolute atomic E-state index is 0.0208. The number of pyridine rings is 1. The lowest BCUT2D eigenvalue weighted by Gasteiger charge is -2.33. The molecular formula is C40H49F4N3O9S. The Morgan fingerprint density at radius 1 is 1.09 bits per heavy atom. The molecule has 0 spiro atoms. The van der Waals surface area contributed by atoms with Crippen LogP contribution in [-0.4, -0.2) is 84.4 Å². The molecule has 312 valence electrons. The molecule has 2 amide bonds. The lowest BCUT2D eigenvalue weighted by atomic mass is 9.82. The zero-order valence-electron chi connectivity index (χ0n) is 32.6. The minimum atomic E-state index is -4.88. The smallest absolute Gasteiger partial charge is 0.427 e. The number of allylic oxidation sites excluding steroid dienone is 2. The van der Waals surface area contributed by atoms with Crippen LogP contribution >= 0.6 is 0 Å². The molecule has 12 nitrogen and oxygen atoms in total. The number of amides is 2. The van der Waals surface area contributed by atoms with Crippen molar-refractivity contribution >= 4 is 44.4 Å². The summed E-state index contributed by atoms with van der Waals surface area (Å²) in [4.78, 5) is 61.9. The number of hydrogen-bond acceptors (Lipinski definition) is 10. The van der Waals surface area contributed by atoms with Gasteiger partial charge in [-0.25, -0.2) is 22.5 Å². The van der Waals surface area contributed by atoms with Gasteiger partial charge in [0.15, 0.2) is 5.78 Å². The molecule has 2 aliphatic carbocycles. The number of alkyl halides is 4. The summed E-state index contributed by atoms with van der Waals surface area (Å²) in [5, 5.41) is -1.22. The second kappa shape index (κ2) is 15.5. The summed E-state index contributed by atoms with van der Waals surface area (Å²) in [7, 11) is -3.17. The van der Waals surface area contributed by atoms with Crippen molar-refractivity contribution in [3.05, 3.63) is 42.6 Å². The van der Waals surface area contributed by atoms with Crippen LogP contribution in [0.25, 0.3) is 10.8 Å². The molecule has 4 aliphatic rings. The molecule has 0 bridgehead atoms. The largest absolute Gasteiger partial charge is 0.497 e. The van der Waals surface area contributed by atoms with E-state index >= 15 is 0 Å². The van der Waals surface area contributed by atoms with Gasteiger partial charge in [-0.3, -0.25) is 19.2 Å². The van der Waals surface area contributed by atoms with Crippen molar-refractivity contribution in [1.82, 2.24) is 14.6 Å². The first kappa shape index (κ1) is 42.3. The first-order chi connectivity index (χ1) is 26.6. The van der Waals surface area contributed by atoms with Gasteiger partial charge in [0.25, 0.3) is 10.0 Å². The number of halogens is 4. The molecule has 1 N–H and O–H groups in total. The van der Waals surface area contributed by atoms with E-state index in [2.05, 4.69) is 4.98 Å². The summed E-state index contributed by atoms with van der Waals surface area (Å²) in [6, 6.07) is 5.75. The van der Waals surface area contributed by atoms with Crippen molar-refractivity contribution in [2.75, 3.05) is 13.7 Å². The van der Waals surface area contributed by atoms with E-state index in [1.807, 2.05) is 17.7 Å². The maximum Gasteiger partial charge on any atom is 0.427 e. The summed E-state index contributed by atoms with van der Waals surface area (Å²) in [5.74, 6) is -5.02. The summed E-state index contributed by atoms with van der Waals surface area (Å²) >= 11 is 0. The number of nitrogens with one attached hydrogen (secondary N) is 1.